The van der Waals surface area contributed by atoms with Gasteiger partial charge in [-0.05, 0) is 18.6 Å². The molecule has 0 aliphatic heterocycles. The third kappa shape index (κ3) is 2.79. The van der Waals surface area contributed by atoms with Crippen LogP contribution in [0.3, 0.4) is 0 Å². The van der Waals surface area contributed by atoms with Gasteiger partial charge in [-0.25, -0.2) is 9.78 Å². The van der Waals surface area contributed by atoms with Crippen molar-refractivity contribution in [3.63, 3.8) is 0 Å². The Labute approximate surface area is 102 Å². The normalized spacial score (nSPS) is 10.2. The molecular weight excluding hydrogens is 238 g/mol. The highest BCUT2D eigenvalue weighted by Crippen LogP contribution is 2.15. The molecule has 0 saturated carbocycles. The lowest BCUT2D eigenvalue weighted by Crippen LogP contribution is -2.02. The molecule has 0 spiro atoms. The number of aromatic nitrogens is 2. The van der Waals surface area contributed by atoms with Gasteiger partial charge in [0, 0.05) is 23.5 Å². The van der Waals surface area contributed by atoms with Gasteiger partial charge in [0.1, 0.15) is 5.01 Å². The molecule has 0 saturated heterocycles. The van der Waals surface area contributed by atoms with Crippen LogP contribution >= 0.6 is 11.3 Å². The zero-order valence-electron chi connectivity index (χ0n) is 9.17. The minimum atomic E-state index is -0.993. The number of rotatable bonds is 4. The molecule has 2 rings (SSSR count). The predicted molar refractivity (Wildman–Crippen MR) is 65.4 cm³/mol. The largest absolute Gasteiger partial charge is 0.476 e. The summed E-state index contributed by atoms with van der Waals surface area (Å²) in [5.41, 5.74) is 2.12. The van der Waals surface area contributed by atoms with E-state index in [1.165, 1.54) is 11.3 Å². The highest BCUT2D eigenvalue weighted by molar-refractivity contribution is 7.09. The van der Waals surface area contributed by atoms with Gasteiger partial charge >= 0.3 is 5.97 Å². The van der Waals surface area contributed by atoms with E-state index in [9.17, 15) is 4.79 Å². The molecule has 0 atom stereocenters. The molecule has 17 heavy (non-hydrogen) atoms. The van der Waals surface area contributed by atoms with Crippen molar-refractivity contribution in [3.05, 3.63) is 40.1 Å². The van der Waals surface area contributed by atoms with E-state index in [4.69, 9.17) is 5.11 Å². The molecule has 88 valence electrons. The second-order valence-corrected chi connectivity index (χ2v) is 4.42. The number of carbonyl (C=O) groups is 1. The van der Waals surface area contributed by atoms with E-state index in [1.54, 1.807) is 17.8 Å². The van der Waals surface area contributed by atoms with Crippen LogP contribution < -0.4 is 5.32 Å². The third-order valence-electron chi connectivity index (χ3n) is 2.22. The molecule has 0 aromatic carbocycles. The highest BCUT2D eigenvalue weighted by atomic mass is 32.1. The lowest BCUT2D eigenvalue weighted by molar-refractivity contribution is 0.0691. The fraction of sp³-hybridized carbons (Fsp3) is 0.182. The molecule has 0 unspecified atom stereocenters. The van der Waals surface area contributed by atoms with Gasteiger partial charge in [0.2, 0.25) is 0 Å². The molecule has 0 fully saturated rings. The minimum Gasteiger partial charge on any atom is -0.476 e. The Balaban J connectivity index is 2.02. The Morgan fingerprint density at radius 3 is 3.06 bits per heavy atom. The quantitative estimate of drug-likeness (QED) is 0.868. The third-order valence-corrected chi connectivity index (χ3v) is 3.07. The molecule has 5 nitrogen and oxygen atoms in total. The molecular formula is C11H11N3O2S. The number of nitrogens with one attached hydrogen (secondary N) is 1. The maximum atomic E-state index is 10.7. The van der Waals surface area contributed by atoms with E-state index in [-0.39, 0.29) is 5.69 Å². The fourth-order valence-corrected chi connectivity index (χ4v) is 2.04. The molecule has 0 aliphatic carbocycles. The predicted octanol–water partition coefficient (Wildman–Crippen LogP) is 2.16. The second-order valence-electron chi connectivity index (χ2n) is 3.48. The Hall–Kier alpha value is -1.95. The van der Waals surface area contributed by atoms with Crippen molar-refractivity contribution < 1.29 is 9.90 Å². The zero-order valence-corrected chi connectivity index (χ0v) is 9.99. The molecule has 0 amide bonds. The average Bonchev–Trinajstić information content (AvgIpc) is 2.77. The van der Waals surface area contributed by atoms with Crippen LogP contribution in [0.2, 0.25) is 0 Å². The van der Waals surface area contributed by atoms with E-state index in [0.717, 1.165) is 16.3 Å². The molecule has 6 heteroatoms. The number of carboxylic acid groups (broad SMARTS) is 1. The molecule has 0 aliphatic rings. The lowest BCUT2D eigenvalue weighted by Gasteiger charge is -2.06. The number of anilines is 1. The highest BCUT2D eigenvalue weighted by Gasteiger charge is 2.08. The van der Waals surface area contributed by atoms with E-state index < -0.39 is 5.97 Å². The van der Waals surface area contributed by atoms with Gasteiger partial charge < -0.3 is 10.4 Å². The van der Waals surface area contributed by atoms with Crippen molar-refractivity contribution in [2.24, 2.45) is 0 Å². The summed E-state index contributed by atoms with van der Waals surface area (Å²) < 4.78 is 0. The molecule has 0 radical (unpaired) electrons. The van der Waals surface area contributed by atoms with Crippen LogP contribution in [0, 0.1) is 6.92 Å². The second kappa shape index (κ2) is 4.92. The van der Waals surface area contributed by atoms with E-state index >= 15 is 0 Å². The van der Waals surface area contributed by atoms with Gasteiger partial charge in [-0.2, -0.15) is 0 Å². The van der Waals surface area contributed by atoms with Crippen molar-refractivity contribution in [1.29, 1.82) is 0 Å². The Bertz CT molecular complexity index is 539. The van der Waals surface area contributed by atoms with E-state index in [1.807, 2.05) is 13.0 Å². The Morgan fingerprint density at radius 1 is 1.59 bits per heavy atom. The zero-order chi connectivity index (χ0) is 12.3. The van der Waals surface area contributed by atoms with Gasteiger partial charge in [-0.1, -0.05) is 0 Å². The maximum absolute atomic E-state index is 10.7. The first-order valence-electron chi connectivity index (χ1n) is 4.99. The maximum Gasteiger partial charge on any atom is 0.355 e. The van der Waals surface area contributed by atoms with Crippen LogP contribution in [0.5, 0.6) is 0 Å². The molecule has 2 aromatic heterocycles. The minimum absolute atomic E-state index is 0.0956. The van der Waals surface area contributed by atoms with Crippen molar-refractivity contribution in [1.82, 2.24) is 9.97 Å². The van der Waals surface area contributed by atoms with E-state index in [2.05, 4.69) is 15.3 Å². The van der Waals surface area contributed by atoms with Gasteiger partial charge in [-0.15, -0.1) is 11.3 Å². The number of aromatic carboxylic acids is 1. The number of aryl methyl sites for hydroxylation is 1. The number of carboxylic acids is 1. The monoisotopic (exact) mass is 249 g/mol. The fourth-order valence-electron chi connectivity index (χ4n) is 1.33. The van der Waals surface area contributed by atoms with Crippen molar-refractivity contribution >= 4 is 23.0 Å². The molecule has 0 bridgehead atoms. The Kier molecular flexibility index (Phi) is 3.34. The number of thiazole rings is 1. The van der Waals surface area contributed by atoms with Crippen molar-refractivity contribution in [2.75, 3.05) is 5.32 Å². The number of hydrogen-bond acceptors (Lipinski definition) is 5. The van der Waals surface area contributed by atoms with Crippen LogP contribution in [-0.2, 0) is 6.54 Å². The first-order valence-corrected chi connectivity index (χ1v) is 5.87. The molecule has 2 heterocycles. The summed E-state index contributed by atoms with van der Waals surface area (Å²) in [6, 6.07) is 1.88. The summed E-state index contributed by atoms with van der Waals surface area (Å²) >= 11 is 1.33. The molecule has 2 N–H and O–H groups in total. The summed E-state index contributed by atoms with van der Waals surface area (Å²) in [7, 11) is 0. The van der Waals surface area contributed by atoms with Gasteiger partial charge in [-0.3, -0.25) is 4.98 Å². The Morgan fingerprint density at radius 2 is 2.41 bits per heavy atom. The van der Waals surface area contributed by atoms with Crippen molar-refractivity contribution in [2.45, 2.75) is 13.5 Å². The summed E-state index contributed by atoms with van der Waals surface area (Å²) in [6.07, 6.45) is 3.48. The van der Waals surface area contributed by atoms with Gasteiger partial charge in [0.25, 0.3) is 0 Å². The van der Waals surface area contributed by atoms with Gasteiger partial charge in [0.05, 0.1) is 6.54 Å². The SMILES string of the molecule is Cc1cnccc1NCc1nc(C(=O)O)cs1. The van der Waals surface area contributed by atoms with Crippen LogP contribution in [0.1, 0.15) is 21.1 Å². The topological polar surface area (TPSA) is 75.1 Å². The number of nitrogens with zero attached hydrogens (tertiary/aromatic N) is 2. The average molecular weight is 249 g/mol. The van der Waals surface area contributed by atoms with E-state index in [0.29, 0.717) is 6.54 Å². The summed E-state index contributed by atoms with van der Waals surface area (Å²) in [5.74, 6) is -0.993. The summed E-state index contributed by atoms with van der Waals surface area (Å²) in [5, 5.41) is 14.2. The number of pyridine rings is 1. The van der Waals surface area contributed by atoms with Crippen LogP contribution in [0.25, 0.3) is 0 Å². The van der Waals surface area contributed by atoms with Crippen LogP contribution in [0.4, 0.5) is 5.69 Å². The smallest absolute Gasteiger partial charge is 0.355 e. The lowest BCUT2D eigenvalue weighted by atomic mass is 10.2. The standard InChI is InChI=1S/C11H11N3O2S/c1-7-4-12-3-2-8(7)13-5-10-14-9(6-17-10)11(15)16/h2-4,6H,5H2,1H3,(H,12,13)(H,15,16). The summed E-state index contributed by atoms with van der Waals surface area (Å²) in [4.78, 5) is 18.6. The summed E-state index contributed by atoms with van der Waals surface area (Å²) in [6.45, 7) is 2.47. The molecule has 2 aromatic rings. The van der Waals surface area contributed by atoms with Crippen LogP contribution in [-0.4, -0.2) is 21.0 Å². The van der Waals surface area contributed by atoms with Crippen LogP contribution in [0.15, 0.2) is 23.8 Å². The first kappa shape index (κ1) is 11.5. The van der Waals surface area contributed by atoms with Gasteiger partial charge in [0.15, 0.2) is 5.69 Å². The number of hydrogen-bond donors (Lipinski definition) is 2. The first-order chi connectivity index (χ1) is 8.16. The van der Waals surface area contributed by atoms with Crippen molar-refractivity contribution in [3.8, 4) is 0 Å².